The molecule has 0 radical (unpaired) electrons. The van der Waals surface area contributed by atoms with Crippen LogP contribution >= 0.6 is 0 Å². The molecule has 0 aliphatic carbocycles. The largest absolute Gasteiger partial charge is 0.497 e. The highest BCUT2D eigenvalue weighted by atomic mass is 16.5. The Kier molecular flexibility index (Phi) is 11.4. The number of hydrazone groups is 1. The average molecular weight is 332 g/mol. The number of ether oxygens (including phenoxy) is 1. The second-order valence-electron chi connectivity index (χ2n) is 6.15. The van der Waals surface area contributed by atoms with Gasteiger partial charge in [-0.3, -0.25) is 4.79 Å². The summed E-state index contributed by atoms with van der Waals surface area (Å²) in [4.78, 5) is 11.7. The number of benzene rings is 1. The van der Waals surface area contributed by atoms with Gasteiger partial charge in [0.15, 0.2) is 0 Å². The van der Waals surface area contributed by atoms with Crippen LogP contribution < -0.4 is 10.2 Å². The maximum Gasteiger partial charge on any atom is 0.240 e. The quantitative estimate of drug-likeness (QED) is 0.311. The molecule has 4 heteroatoms. The Hall–Kier alpha value is -1.84. The molecule has 0 bridgehead atoms. The van der Waals surface area contributed by atoms with Crippen molar-refractivity contribution < 1.29 is 9.53 Å². The first kappa shape index (κ1) is 20.2. The van der Waals surface area contributed by atoms with Crippen LogP contribution in [0.15, 0.2) is 29.4 Å². The van der Waals surface area contributed by atoms with Crippen LogP contribution in [0, 0.1) is 0 Å². The second kappa shape index (κ2) is 13.6. The van der Waals surface area contributed by atoms with Gasteiger partial charge < -0.3 is 4.74 Å². The molecule has 0 saturated heterocycles. The number of rotatable bonds is 13. The summed E-state index contributed by atoms with van der Waals surface area (Å²) in [6.07, 6.45) is 13.5. The third-order valence-electron chi connectivity index (χ3n) is 4.00. The Bertz CT molecular complexity index is 486. The Morgan fingerprint density at radius 3 is 2.42 bits per heavy atom. The van der Waals surface area contributed by atoms with Crippen LogP contribution in [0.2, 0.25) is 0 Å². The summed E-state index contributed by atoms with van der Waals surface area (Å²) in [5.74, 6) is 0.761. The Morgan fingerprint density at radius 1 is 1.08 bits per heavy atom. The summed E-state index contributed by atoms with van der Waals surface area (Å²) in [7, 11) is 1.63. The number of hydrogen-bond donors (Lipinski definition) is 1. The van der Waals surface area contributed by atoms with Crippen molar-refractivity contribution >= 4 is 12.1 Å². The van der Waals surface area contributed by atoms with Crippen LogP contribution in [-0.4, -0.2) is 19.2 Å². The molecule has 0 spiro atoms. The van der Waals surface area contributed by atoms with E-state index < -0.39 is 0 Å². The van der Waals surface area contributed by atoms with E-state index in [4.69, 9.17) is 4.74 Å². The number of amides is 1. The zero-order chi connectivity index (χ0) is 17.5. The van der Waals surface area contributed by atoms with E-state index in [0.29, 0.717) is 6.42 Å². The van der Waals surface area contributed by atoms with Gasteiger partial charge in [-0.2, -0.15) is 5.10 Å². The molecule has 24 heavy (non-hydrogen) atoms. The van der Waals surface area contributed by atoms with Gasteiger partial charge in [0.05, 0.1) is 13.3 Å². The Balaban J connectivity index is 2.04. The van der Waals surface area contributed by atoms with Crippen LogP contribution in [-0.2, 0) is 4.79 Å². The molecule has 1 rings (SSSR count). The van der Waals surface area contributed by atoms with E-state index >= 15 is 0 Å². The topological polar surface area (TPSA) is 50.7 Å². The number of hydrogen-bond acceptors (Lipinski definition) is 3. The van der Waals surface area contributed by atoms with E-state index in [1.807, 2.05) is 24.3 Å². The molecule has 134 valence electrons. The van der Waals surface area contributed by atoms with Gasteiger partial charge >= 0.3 is 0 Å². The normalized spacial score (nSPS) is 10.9. The number of unbranched alkanes of at least 4 members (excludes halogenated alkanes) is 8. The minimum Gasteiger partial charge on any atom is -0.497 e. The SMILES string of the molecule is CCCCCCCCCCCC(=O)NN=Cc1cccc(OC)c1. The summed E-state index contributed by atoms with van der Waals surface area (Å²) in [6, 6.07) is 7.55. The van der Waals surface area contributed by atoms with Crippen LogP contribution in [0.4, 0.5) is 0 Å². The monoisotopic (exact) mass is 332 g/mol. The number of methoxy groups -OCH3 is 1. The predicted molar refractivity (Wildman–Crippen MR) is 101 cm³/mol. The van der Waals surface area contributed by atoms with Gasteiger partial charge in [0.2, 0.25) is 5.91 Å². The van der Waals surface area contributed by atoms with E-state index in [2.05, 4.69) is 17.5 Å². The first-order valence-corrected chi connectivity index (χ1v) is 9.22. The molecule has 0 atom stereocenters. The molecule has 0 heterocycles. The van der Waals surface area contributed by atoms with Crippen molar-refractivity contribution in [3.8, 4) is 5.75 Å². The van der Waals surface area contributed by atoms with Gasteiger partial charge in [-0.15, -0.1) is 0 Å². The van der Waals surface area contributed by atoms with Crippen LogP contribution in [0.1, 0.15) is 76.7 Å². The number of carbonyl (C=O) groups is 1. The van der Waals surface area contributed by atoms with Crippen LogP contribution in [0.25, 0.3) is 0 Å². The predicted octanol–water partition coefficient (Wildman–Crippen LogP) is 5.07. The summed E-state index contributed by atoms with van der Waals surface area (Å²) >= 11 is 0. The fourth-order valence-electron chi connectivity index (χ4n) is 2.55. The molecule has 0 aliphatic rings. The van der Waals surface area contributed by atoms with E-state index in [-0.39, 0.29) is 5.91 Å². The summed E-state index contributed by atoms with van der Waals surface area (Å²) in [6.45, 7) is 2.24. The summed E-state index contributed by atoms with van der Waals surface area (Å²) < 4.78 is 5.15. The van der Waals surface area contributed by atoms with Gasteiger partial charge in [0, 0.05) is 6.42 Å². The number of carbonyl (C=O) groups excluding carboxylic acids is 1. The maximum atomic E-state index is 11.7. The van der Waals surface area contributed by atoms with E-state index in [1.54, 1.807) is 13.3 Å². The lowest BCUT2D eigenvalue weighted by Crippen LogP contribution is -2.16. The third kappa shape index (κ3) is 10.0. The smallest absolute Gasteiger partial charge is 0.240 e. The molecule has 0 aromatic heterocycles. The van der Waals surface area contributed by atoms with Crippen molar-refractivity contribution in [1.29, 1.82) is 0 Å². The first-order valence-electron chi connectivity index (χ1n) is 9.22. The van der Waals surface area contributed by atoms with Crippen molar-refractivity contribution in [2.45, 2.75) is 71.1 Å². The van der Waals surface area contributed by atoms with Crippen molar-refractivity contribution in [2.24, 2.45) is 5.10 Å². The van der Waals surface area contributed by atoms with E-state index in [9.17, 15) is 4.79 Å². The third-order valence-corrected chi connectivity index (χ3v) is 4.00. The van der Waals surface area contributed by atoms with Crippen molar-refractivity contribution in [3.63, 3.8) is 0 Å². The fourth-order valence-corrected chi connectivity index (χ4v) is 2.55. The lowest BCUT2D eigenvalue weighted by atomic mass is 10.1. The van der Waals surface area contributed by atoms with Crippen LogP contribution in [0.5, 0.6) is 5.75 Å². The van der Waals surface area contributed by atoms with E-state index in [1.165, 1.54) is 44.9 Å². The van der Waals surface area contributed by atoms with Crippen LogP contribution in [0.3, 0.4) is 0 Å². The van der Waals surface area contributed by atoms with Gasteiger partial charge in [0.1, 0.15) is 5.75 Å². The van der Waals surface area contributed by atoms with Gasteiger partial charge in [0.25, 0.3) is 0 Å². The molecule has 4 nitrogen and oxygen atoms in total. The molecule has 1 aromatic rings. The first-order chi connectivity index (χ1) is 11.8. The molecule has 0 aliphatic heterocycles. The standard InChI is InChI=1S/C20H32N2O2/c1-3-4-5-6-7-8-9-10-11-15-20(23)22-21-17-18-13-12-14-19(16-18)24-2/h12-14,16-17H,3-11,15H2,1-2H3,(H,22,23). The molecule has 1 amide bonds. The number of nitrogens with zero attached hydrogens (tertiary/aromatic N) is 1. The zero-order valence-corrected chi connectivity index (χ0v) is 15.2. The summed E-state index contributed by atoms with van der Waals surface area (Å²) in [5, 5.41) is 3.99. The number of nitrogens with one attached hydrogen (secondary N) is 1. The van der Waals surface area contributed by atoms with Crippen molar-refractivity contribution in [3.05, 3.63) is 29.8 Å². The van der Waals surface area contributed by atoms with Gasteiger partial charge in [-0.05, 0) is 24.1 Å². The fraction of sp³-hybridized carbons (Fsp3) is 0.600. The lowest BCUT2D eigenvalue weighted by Gasteiger charge is -2.02. The second-order valence-corrected chi connectivity index (χ2v) is 6.15. The summed E-state index contributed by atoms with van der Waals surface area (Å²) in [5.41, 5.74) is 3.48. The highest BCUT2D eigenvalue weighted by Gasteiger charge is 1.99. The van der Waals surface area contributed by atoms with Crippen molar-refractivity contribution in [2.75, 3.05) is 7.11 Å². The van der Waals surface area contributed by atoms with Crippen molar-refractivity contribution in [1.82, 2.24) is 5.43 Å². The lowest BCUT2D eigenvalue weighted by molar-refractivity contribution is -0.121. The molecule has 1 N–H and O–H groups in total. The molecule has 1 aromatic carbocycles. The minimum atomic E-state index is -0.0166. The highest BCUT2D eigenvalue weighted by Crippen LogP contribution is 2.11. The molecular formula is C20H32N2O2. The molecular weight excluding hydrogens is 300 g/mol. The minimum absolute atomic E-state index is 0.0166. The van der Waals surface area contributed by atoms with Gasteiger partial charge in [-0.1, -0.05) is 70.4 Å². The van der Waals surface area contributed by atoms with E-state index in [0.717, 1.165) is 24.2 Å². The zero-order valence-electron chi connectivity index (χ0n) is 15.2. The average Bonchev–Trinajstić information content (AvgIpc) is 2.60. The Morgan fingerprint density at radius 2 is 1.75 bits per heavy atom. The molecule has 0 saturated carbocycles. The highest BCUT2D eigenvalue weighted by molar-refractivity contribution is 5.82. The molecule has 0 unspecified atom stereocenters. The maximum absolute atomic E-state index is 11.7. The molecule has 0 fully saturated rings. The Labute approximate surface area is 146 Å². The van der Waals surface area contributed by atoms with Gasteiger partial charge in [-0.25, -0.2) is 5.43 Å².